The van der Waals surface area contributed by atoms with Crippen LogP contribution in [0.25, 0.3) is 0 Å². The summed E-state index contributed by atoms with van der Waals surface area (Å²) < 4.78 is 56.5. The first kappa shape index (κ1) is 37.2. The van der Waals surface area contributed by atoms with Crippen molar-refractivity contribution in [1.82, 2.24) is 29.6 Å². The van der Waals surface area contributed by atoms with E-state index in [-0.39, 0.29) is 67.0 Å². The number of methoxy groups -OCH3 is 1. The number of benzene rings is 2. The molecular weight excluding hydrogens is 649 g/mol. The van der Waals surface area contributed by atoms with Crippen LogP contribution in [0.1, 0.15) is 57.2 Å². The highest BCUT2D eigenvalue weighted by Gasteiger charge is 2.44. The minimum absolute atomic E-state index is 0.00964. The van der Waals surface area contributed by atoms with Crippen LogP contribution in [0.5, 0.6) is 17.8 Å². The Morgan fingerprint density at radius 3 is 2.02 bits per heavy atom. The second-order valence-corrected chi connectivity index (χ2v) is 13.4. The Labute approximate surface area is 293 Å². The van der Waals surface area contributed by atoms with Crippen LogP contribution in [0.4, 0.5) is 18.0 Å². The van der Waals surface area contributed by atoms with Crippen LogP contribution in [0.15, 0.2) is 60.7 Å². The van der Waals surface area contributed by atoms with Crippen LogP contribution in [0.2, 0.25) is 0 Å². The van der Waals surface area contributed by atoms with Crippen LogP contribution in [-0.2, 0) is 6.54 Å². The third-order valence-corrected chi connectivity index (χ3v) is 9.31. The molecule has 2 aromatic carbocycles. The quantitative estimate of drug-likeness (QED) is 0.226. The lowest BCUT2D eigenvalue weighted by atomic mass is 9.81. The summed E-state index contributed by atoms with van der Waals surface area (Å²) in [6.45, 7) is 11.6. The molecule has 2 saturated heterocycles. The van der Waals surface area contributed by atoms with E-state index in [1.807, 2.05) is 73.9 Å². The number of hydrogen-bond donors (Lipinski definition) is 0. The van der Waals surface area contributed by atoms with E-state index in [9.17, 15) is 18.0 Å². The van der Waals surface area contributed by atoms with Gasteiger partial charge >= 0.3 is 18.2 Å². The molecule has 10 nitrogen and oxygen atoms in total. The largest absolute Gasteiger partial charge is 0.481 e. The van der Waals surface area contributed by atoms with Gasteiger partial charge in [0.25, 0.3) is 0 Å². The van der Waals surface area contributed by atoms with Gasteiger partial charge in [0, 0.05) is 69.4 Å². The fraction of sp³-hybridized carbons (Fsp3) is 0.541. The maximum absolute atomic E-state index is 13.9. The van der Waals surface area contributed by atoms with E-state index in [4.69, 9.17) is 14.2 Å². The molecule has 2 amide bonds. The Morgan fingerprint density at radius 2 is 1.48 bits per heavy atom. The zero-order valence-corrected chi connectivity index (χ0v) is 29.8. The number of nitrogens with zero attached hydrogens (tertiary/aromatic N) is 6. The standard InChI is InChI=1S/C37H49F3N6O4/c1-7-49-35-41-33(48-6)30(34(42-35)50-24-37(38,39)40)22-43-20-29-21-44(36(47)46(25(2)3)26(4)5)18-19-45(29)31(23-43)32(27-14-10-8-11-15-27)28-16-12-9-13-17-28/h8-17,25-26,29,31-32H,7,18-24H2,1-6H3/t29-,31?/m1/s1. The number of carbonyl (C=O) groups excluding carboxylic acids is 1. The van der Waals surface area contributed by atoms with Crippen molar-refractivity contribution < 1.29 is 32.2 Å². The minimum atomic E-state index is -4.57. The second-order valence-electron chi connectivity index (χ2n) is 13.4. The van der Waals surface area contributed by atoms with Crippen molar-refractivity contribution in [2.45, 2.75) is 77.4 Å². The molecule has 0 aliphatic carbocycles. The van der Waals surface area contributed by atoms with Crippen molar-refractivity contribution in [1.29, 1.82) is 0 Å². The molecule has 272 valence electrons. The summed E-state index contributed by atoms with van der Waals surface area (Å²) in [7, 11) is 1.41. The molecule has 0 N–H and O–H groups in total. The smallest absolute Gasteiger partial charge is 0.422 e. The predicted molar refractivity (Wildman–Crippen MR) is 185 cm³/mol. The van der Waals surface area contributed by atoms with Gasteiger partial charge in [-0.15, -0.1) is 0 Å². The number of hydrogen-bond acceptors (Lipinski definition) is 8. The molecule has 0 bridgehead atoms. The molecule has 2 atom stereocenters. The van der Waals surface area contributed by atoms with E-state index in [0.717, 1.165) is 11.1 Å². The molecule has 50 heavy (non-hydrogen) atoms. The molecule has 2 fully saturated rings. The van der Waals surface area contributed by atoms with Gasteiger partial charge in [-0.25, -0.2) is 4.79 Å². The molecule has 0 spiro atoms. The van der Waals surface area contributed by atoms with Crippen molar-refractivity contribution in [3.05, 3.63) is 77.4 Å². The molecule has 3 heterocycles. The Morgan fingerprint density at radius 1 is 0.880 bits per heavy atom. The number of ether oxygens (including phenoxy) is 3. The van der Waals surface area contributed by atoms with Gasteiger partial charge in [-0.2, -0.15) is 23.1 Å². The van der Waals surface area contributed by atoms with Gasteiger partial charge in [0.2, 0.25) is 11.8 Å². The van der Waals surface area contributed by atoms with E-state index in [2.05, 4.69) is 44.0 Å². The van der Waals surface area contributed by atoms with Gasteiger partial charge in [-0.05, 0) is 45.7 Å². The zero-order valence-electron chi connectivity index (χ0n) is 29.8. The average Bonchev–Trinajstić information content (AvgIpc) is 3.08. The molecule has 13 heteroatoms. The third kappa shape index (κ3) is 8.79. The summed E-state index contributed by atoms with van der Waals surface area (Å²) in [5, 5.41) is 0. The van der Waals surface area contributed by atoms with E-state index in [0.29, 0.717) is 38.3 Å². The number of urea groups is 1. The lowest BCUT2D eigenvalue weighted by Gasteiger charge is -2.54. The van der Waals surface area contributed by atoms with E-state index in [1.165, 1.54) is 7.11 Å². The molecule has 5 rings (SSSR count). The third-order valence-electron chi connectivity index (χ3n) is 9.31. The van der Waals surface area contributed by atoms with Crippen molar-refractivity contribution in [2.24, 2.45) is 0 Å². The molecule has 3 aromatic rings. The lowest BCUT2D eigenvalue weighted by Crippen LogP contribution is -2.68. The normalized spacial score (nSPS) is 18.8. The molecule has 0 radical (unpaired) electrons. The molecule has 2 aliphatic rings. The monoisotopic (exact) mass is 698 g/mol. The Hall–Kier alpha value is -4.10. The number of aromatic nitrogens is 2. The van der Waals surface area contributed by atoms with E-state index >= 15 is 0 Å². The highest BCUT2D eigenvalue weighted by atomic mass is 19.4. The molecule has 2 aliphatic heterocycles. The summed E-state index contributed by atoms with van der Waals surface area (Å²) >= 11 is 0. The number of carbonyl (C=O) groups is 1. The first-order valence-corrected chi connectivity index (χ1v) is 17.3. The number of alkyl halides is 3. The SMILES string of the molecule is CCOc1nc(OC)c(CN2CC(C(c3ccccc3)c3ccccc3)N3CCN(C(=O)N(C(C)C)C(C)C)C[C@H]3C2)c(OCC(F)(F)F)n1. The molecule has 1 unspecified atom stereocenters. The van der Waals surface area contributed by atoms with Crippen molar-refractivity contribution in [3.63, 3.8) is 0 Å². The van der Waals surface area contributed by atoms with Crippen molar-refractivity contribution >= 4 is 6.03 Å². The van der Waals surface area contributed by atoms with Gasteiger partial charge in [0.1, 0.15) is 0 Å². The fourth-order valence-corrected chi connectivity index (χ4v) is 7.39. The predicted octanol–water partition coefficient (Wildman–Crippen LogP) is 6.07. The fourth-order valence-electron chi connectivity index (χ4n) is 7.39. The maximum Gasteiger partial charge on any atom is 0.422 e. The zero-order chi connectivity index (χ0) is 36.0. The van der Waals surface area contributed by atoms with Crippen LogP contribution in [-0.4, -0.2) is 119 Å². The first-order chi connectivity index (χ1) is 23.9. The Balaban J connectivity index is 1.55. The van der Waals surface area contributed by atoms with Gasteiger partial charge in [-0.1, -0.05) is 60.7 Å². The molecular formula is C37H49F3N6O4. The van der Waals surface area contributed by atoms with Crippen LogP contribution in [0, 0.1) is 0 Å². The van der Waals surface area contributed by atoms with Gasteiger partial charge in [-0.3, -0.25) is 9.80 Å². The Kier molecular flexibility index (Phi) is 12.1. The number of rotatable bonds is 12. The second kappa shape index (κ2) is 16.3. The summed E-state index contributed by atoms with van der Waals surface area (Å²) in [5.74, 6) is -0.163. The van der Waals surface area contributed by atoms with E-state index < -0.39 is 12.8 Å². The lowest BCUT2D eigenvalue weighted by molar-refractivity contribution is -0.154. The van der Waals surface area contributed by atoms with Crippen molar-refractivity contribution in [3.8, 4) is 17.8 Å². The summed E-state index contributed by atoms with van der Waals surface area (Å²) in [4.78, 5) is 31.1. The van der Waals surface area contributed by atoms with Gasteiger partial charge in [0.05, 0.1) is 19.3 Å². The summed E-state index contributed by atoms with van der Waals surface area (Å²) in [6, 6.07) is 20.6. The Bertz CT molecular complexity index is 1500. The molecule has 0 saturated carbocycles. The number of piperazine rings is 2. The maximum atomic E-state index is 13.9. The highest BCUT2D eigenvalue weighted by Crippen LogP contribution is 2.38. The highest BCUT2D eigenvalue weighted by molar-refractivity contribution is 5.75. The molecule has 1 aromatic heterocycles. The van der Waals surface area contributed by atoms with Gasteiger partial charge < -0.3 is 24.0 Å². The topological polar surface area (TPSA) is 83.5 Å². The van der Waals surface area contributed by atoms with E-state index in [1.54, 1.807) is 6.92 Å². The number of halogens is 3. The summed E-state index contributed by atoms with van der Waals surface area (Å²) in [5.41, 5.74) is 2.62. The van der Waals surface area contributed by atoms with Crippen LogP contribution < -0.4 is 14.2 Å². The first-order valence-electron chi connectivity index (χ1n) is 17.3. The van der Waals surface area contributed by atoms with Crippen LogP contribution in [0.3, 0.4) is 0 Å². The minimum Gasteiger partial charge on any atom is -0.481 e. The number of fused-ring (bicyclic) bond motifs is 1. The number of amides is 2. The van der Waals surface area contributed by atoms with Gasteiger partial charge in [0.15, 0.2) is 6.61 Å². The average molecular weight is 699 g/mol. The van der Waals surface area contributed by atoms with Crippen molar-refractivity contribution in [2.75, 3.05) is 53.0 Å². The van der Waals surface area contributed by atoms with Crippen LogP contribution >= 0.6 is 0 Å². The summed E-state index contributed by atoms with van der Waals surface area (Å²) in [6.07, 6.45) is -4.57.